The lowest BCUT2D eigenvalue weighted by molar-refractivity contribution is 0.373. The van der Waals surface area contributed by atoms with E-state index in [9.17, 15) is 30.6 Å². The van der Waals surface area contributed by atoms with Crippen LogP contribution in [0.1, 0.15) is 72.6 Å². The van der Waals surface area contributed by atoms with E-state index in [4.69, 9.17) is 0 Å². The molecule has 1 aromatic carbocycles. The van der Waals surface area contributed by atoms with Gasteiger partial charge in [0.1, 0.15) is 11.5 Å². The van der Waals surface area contributed by atoms with E-state index in [-0.39, 0.29) is 58.2 Å². The van der Waals surface area contributed by atoms with Crippen LogP contribution in [0.25, 0.3) is 11.4 Å². The zero-order chi connectivity index (χ0) is 28.1. The van der Waals surface area contributed by atoms with Crippen molar-refractivity contribution in [3.8, 4) is 46.4 Å². The summed E-state index contributed by atoms with van der Waals surface area (Å²) in [7, 11) is 0. The lowest BCUT2D eigenvalue weighted by Crippen LogP contribution is -2.18. The number of hydrogen-bond acceptors (Lipinski definition) is 6. The van der Waals surface area contributed by atoms with E-state index in [1.54, 1.807) is 0 Å². The second kappa shape index (κ2) is 8.03. The maximum Gasteiger partial charge on any atom is 0.203 e. The molecule has 6 N–H and O–H groups in total. The highest BCUT2D eigenvalue weighted by atomic mass is 16.3. The molecule has 0 saturated carbocycles. The van der Waals surface area contributed by atoms with Gasteiger partial charge >= 0.3 is 0 Å². The van der Waals surface area contributed by atoms with E-state index in [2.05, 4.69) is 25.3 Å². The van der Waals surface area contributed by atoms with Gasteiger partial charge in [0.2, 0.25) is 23.5 Å². The topological polar surface area (TPSA) is 131 Å². The molecule has 0 radical (unpaired) electrons. The molecule has 0 amide bonds. The molecule has 206 valence electrons. The third-order valence-corrected chi connectivity index (χ3v) is 9.66. The first kappa shape index (κ1) is 24.6. The predicted octanol–water partition coefficient (Wildman–Crippen LogP) is 6.02. The highest BCUT2D eigenvalue weighted by Gasteiger charge is 2.52. The molecule has 3 aromatic rings. The summed E-state index contributed by atoms with van der Waals surface area (Å²) >= 11 is 0. The molecular formula is C32H32N2O6. The lowest BCUT2D eigenvalue weighted by Gasteiger charge is -2.25. The number of rotatable bonds is 8. The van der Waals surface area contributed by atoms with Crippen molar-refractivity contribution in [3.63, 3.8) is 0 Å². The molecule has 4 aliphatic carbocycles. The number of aromatic nitrogens is 2. The van der Waals surface area contributed by atoms with Crippen LogP contribution in [0.2, 0.25) is 0 Å². The summed E-state index contributed by atoms with van der Waals surface area (Å²) in [6, 6.07) is 2.44. The normalized spacial score (nSPS) is 26.5. The van der Waals surface area contributed by atoms with E-state index >= 15 is 0 Å². The van der Waals surface area contributed by atoms with Crippen molar-refractivity contribution in [1.82, 2.24) is 9.13 Å². The second-order valence-corrected chi connectivity index (χ2v) is 11.7. The standard InChI is InChI=1S/C32H32N2O6/c1-3-5-9-31-11-7-17(15-31)23-25(31)29(39)33(27(23)37)19-13-22(36)20(14-21(19)35)34-28(38)24-18-8-12-32(16-18,10-6-4-2)26(24)30(34)40/h3-4,7-8,11-14,17-18,35-40H,1-2,5-6,9-10,15-16H2. The van der Waals surface area contributed by atoms with Crippen LogP contribution in [0.5, 0.6) is 35.0 Å². The number of hydrogen-bond donors (Lipinski definition) is 6. The van der Waals surface area contributed by atoms with Crippen molar-refractivity contribution in [2.75, 3.05) is 0 Å². The first-order valence-corrected chi connectivity index (χ1v) is 13.7. The average molecular weight is 541 g/mol. The SMILES string of the molecule is C=CCCC12C=CC(C1)c1c2c(O)n(-c2cc(O)c(-n3c(O)c4c(c3O)C3(CCC=C)C=CC4C3)cc2O)c1O. The van der Waals surface area contributed by atoms with Gasteiger partial charge in [-0.15, -0.1) is 13.2 Å². The van der Waals surface area contributed by atoms with Crippen LogP contribution in [0, 0.1) is 0 Å². The molecule has 40 heavy (non-hydrogen) atoms. The largest absolute Gasteiger partial charge is 0.506 e. The van der Waals surface area contributed by atoms with E-state index in [1.807, 2.05) is 24.3 Å². The average Bonchev–Trinajstić information content (AvgIpc) is 3.76. The summed E-state index contributed by atoms with van der Waals surface area (Å²) in [6.45, 7) is 7.63. The molecule has 0 spiro atoms. The predicted molar refractivity (Wildman–Crippen MR) is 150 cm³/mol. The third kappa shape index (κ3) is 2.85. The number of phenols is 2. The van der Waals surface area contributed by atoms with Gasteiger partial charge in [-0.05, 0) is 38.5 Å². The Balaban J connectivity index is 1.34. The fourth-order valence-electron chi connectivity index (χ4n) is 7.95. The van der Waals surface area contributed by atoms with E-state index in [1.165, 1.54) is 12.1 Å². The smallest absolute Gasteiger partial charge is 0.203 e. The Hall–Kier alpha value is -4.46. The molecule has 0 fully saturated rings. The van der Waals surface area contributed by atoms with Gasteiger partial charge in [-0.2, -0.15) is 0 Å². The molecule has 4 aliphatic rings. The lowest BCUT2D eigenvalue weighted by atomic mass is 9.79. The molecule has 2 aromatic heterocycles. The molecule has 4 unspecified atom stereocenters. The van der Waals surface area contributed by atoms with Crippen LogP contribution >= 0.6 is 0 Å². The summed E-state index contributed by atoms with van der Waals surface area (Å²) < 4.78 is 2.30. The Morgan fingerprint density at radius 1 is 0.675 bits per heavy atom. The number of aromatic hydroxyl groups is 6. The molecule has 0 aliphatic heterocycles. The summed E-state index contributed by atoms with van der Waals surface area (Å²) in [4.78, 5) is 0. The monoisotopic (exact) mass is 540 g/mol. The van der Waals surface area contributed by atoms with Crippen molar-refractivity contribution in [1.29, 1.82) is 0 Å². The fourth-order valence-corrected chi connectivity index (χ4v) is 7.95. The third-order valence-electron chi connectivity index (χ3n) is 9.66. The number of phenolic OH excluding ortho intramolecular Hbond substituents is 2. The minimum atomic E-state index is -0.434. The van der Waals surface area contributed by atoms with Crippen molar-refractivity contribution in [2.45, 2.75) is 61.2 Å². The van der Waals surface area contributed by atoms with E-state index < -0.39 is 10.8 Å². The first-order chi connectivity index (χ1) is 19.2. The van der Waals surface area contributed by atoms with Crippen LogP contribution in [-0.2, 0) is 10.8 Å². The minimum absolute atomic E-state index is 0.0215. The maximum absolute atomic E-state index is 11.4. The van der Waals surface area contributed by atoms with Gasteiger partial charge in [0.05, 0.1) is 11.4 Å². The minimum Gasteiger partial charge on any atom is -0.506 e. The van der Waals surface area contributed by atoms with Crippen molar-refractivity contribution in [2.24, 2.45) is 0 Å². The number of fused-ring (bicyclic) bond motifs is 10. The molecule has 0 saturated heterocycles. The van der Waals surface area contributed by atoms with Gasteiger partial charge in [-0.1, -0.05) is 36.5 Å². The van der Waals surface area contributed by atoms with Crippen LogP contribution in [0.3, 0.4) is 0 Å². The van der Waals surface area contributed by atoms with Gasteiger partial charge < -0.3 is 30.6 Å². The highest BCUT2D eigenvalue weighted by molar-refractivity contribution is 5.71. The van der Waals surface area contributed by atoms with Gasteiger partial charge in [-0.3, -0.25) is 0 Å². The van der Waals surface area contributed by atoms with Gasteiger partial charge in [0.15, 0.2) is 0 Å². The molecule has 8 nitrogen and oxygen atoms in total. The number of nitrogens with zero attached hydrogens (tertiary/aromatic N) is 2. The van der Waals surface area contributed by atoms with Crippen molar-refractivity contribution < 1.29 is 30.6 Å². The van der Waals surface area contributed by atoms with E-state index in [0.29, 0.717) is 22.3 Å². The quantitative estimate of drug-likeness (QED) is 0.153. The Morgan fingerprint density at radius 3 is 1.45 bits per heavy atom. The van der Waals surface area contributed by atoms with Crippen LogP contribution in [0.4, 0.5) is 0 Å². The van der Waals surface area contributed by atoms with Crippen LogP contribution in [-0.4, -0.2) is 39.8 Å². The fraction of sp³-hybridized carbons (Fsp3) is 0.312. The maximum atomic E-state index is 11.4. The molecule has 4 atom stereocenters. The van der Waals surface area contributed by atoms with Crippen molar-refractivity contribution in [3.05, 3.63) is 84.0 Å². The number of benzene rings is 1. The Kier molecular flexibility index (Phi) is 4.94. The summed E-state index contributed by atoms with van der Waals surface area (Å²) in [5.74, 6) is -1.60. The highest BCUT2D eigenvalue weighted by Crippen LogP contribution is 2.64. The van der Waals surface area contributed by atoms with Gasteiger partial charge in [0, 0.05) is 57.1 Å². The number of allylic oxidation sites excluding steroid dienone is 6. The Labute approximate surface area is 231 Å². The first-order valence-electron chi connectivity index (χ1n) is 13.7. The molecule has 8 heteroatoms. The molecule has 4 bridgehead atoms. The van der Waals surface area contributed by atoms with E-state index in [0.717, 1.165) is 47.7 Å². The Morgan fingerprint density at radius 2 is 1.07 bits per heavy atom. The summed E-state index contributed by atoms with van der Waals surface area (Å²) in [6.07, 6.45) is 16.3. The molecule has 2 heterocycles. The van der Waals surface area contributed by atoms with Crippen molar-refractivity contribution >= 4 is 0 Å². The van der Waals surface area contributed by atoms with Crippen LogP contribution < -0.4 is 0 Å². The second-order valence-electron chi connectivity index (χ2n) is 11.7. The zero-order valence-corrected chi connectivity index (χ0v) is 22.0. The van der Waals surface area contributed by atoms with Gasteiger partial charge in [0.25, 0.3) is 0 Å². The molecule has 7 rings (SSSR count). The zero-order valence-electron chi connectivity index (χ0n) is 22.0. The Bertz CT molecular complexity index is 1570. The summed E-state index contributed by atoms with van der Waals surface area (Å²) in [5.41, 5.74) is 1.60. The van der Waals surface area contributed by atoms with Gasteiger partial charge in [-0.25, -0.2) is 9.13 Å². The molecular weight excluding hydrogens is 508 g/mol. The summed E-state index contributed by atoms with van der Waals surface area (Å²) in [5, 5.41) is 67.5. The van der Waals surface area contributed by atoms with Crippen LogP contribution in [0.15, 0.2) is 61.7 Å².